The number of carbonyl (C=O) groups excluding carboxylic acids is 1. The number of aryl methyl sites for hydroxylation is 1. The molecule has 0 aliphatic carbocycles. The highest BCUT2D eigenvalue weighted by atomic mass is 32.2. The van der Waals surface area contributed by atoms with Gasteiger partial charge in [-0.05, 0) is 29.7 Å². The van der Waals surface area contributed by atoms with E-state index in [2.05, 4.69) is 38.8 Å². The Morgan fingerprint density at radius 1 is 0.935 bits per heavy atom. The number of pyridine rings is 1. The minimum absolute atomic E-state index is 0.0882. The number of carbonyl (C=O) groups is 1. The molecule has 0 bridgehead atoms. The van der Waals surface area contributed by atoms with E-state index in [1.54, 1.807) is 12.4 Å². The normalized spacial score (nSPS) is 10.9. The van der Waals surface area contributed by atoms with Gasteiger partial charge in [-0.1, -0.05) is 79.7 Å². The van der Waals surface area contributed by atoms with Crippen molar-refractivity contribution in [2.75, 3.05) is 5.75 Å². The predicted octanol–water partition coefficient (Wildman–Crippen LogP) is 5.32. The summed E-state index contributed by atoms with van der Waals surface area (Å²) in [4.78, 5) is 17.0. The van der Waals surface area contributed by atoms with E-state index in [1.165, 1.54) is 17.3 Å². The zero-order chi connectivity index (χ0) is 21.5. The molecule has 0 N–H and O–H groups in total. The van der Waals surface area contributed by atoms with Gasteiger partial charge in [0.1, 0.15) is 0 Å². The molecule has 31 heavy (non-hydrogen) atoms. The molecule has 4 rings (SSSR count). The molecule has 0 unspecified atom stereocenters. The highest BCUT2D eigenvalue weighted by molar-refractivity contribution is 7.99. The highest BCUT2D eigenvalue weighted by Gasteiger charge is 2.17. The van der Waals surface area contributed by atoms with Gasteiger partial charge in [-0.25, -0.2) is 0 Å². The lowest BCUT2D eigenvalue weighted by atomic mass is 10.1. The number of aromatic nitrogens is 4. The van der Waals surface area contributed by atoms with Crippen LogP contribution >= 0.6 is 11.8 Å². The standard InChI is InChI=1S/C25H24N4OS/c1-2-7-19-11-13-21(14-12-19)23(30)18-31-25-28-27-24(22-10-6-15-26-16-22)29(25)17-20-8-4-3-5-9-20/h3-6,8-16H,2,7,17-18H2,1H3. The number of rotatable bonds is 9. The summed E-state index contributed by atoms with van der Waals surface area (Å²) in [5, 5.41) is 9.52. The van der Waals surface area contributed by atoms with E-state index >= 15 is 0 Å². The first kappa shape index (κ1) is 21.0. The van der Waals surface area contributed by atoms with Gasteiger partial charge in [0.25, 0.3) is 0 Å². The fraction of sp³-hybridized carbons (Fsp3) is 0.200. The third kappa shape index (κ3) is 5.27. The fourth-order valence-electron chi connectivity index (χ4n) is 3.37. The van der Waals surface area contributed by atoms with Crippen LogP contribution < -0.4 is 0 Å². The van der Waals surface area contributed by atoms with Gasteiger partial charge in [0.05, 0.1) is 12.3 Å². The van der Waals surface area contributed by atoms with Crippen molar-refractivity contribution < 1.29 is 4.79 Å². The molecule has 2 aromatic carbocycles. The summed E-state index contributed by atoms with van der Waals surface area (Å²) in [6.07, 6.45) is 5.65. The van der Waals surface area contributed by atoms with Gasteiger partial charge in [0.15, 0.2) is 16.8 Å². The first-order chi connectivity index (χ1) is 15.2. The van der Waals surface area contributed by atoms with Crippen LogP contribution in [-0.4, -0.2) is 31.3 Å². The number of Topliss-reactive ketones (excluding diaryl/α,β-unsaturated/α-hetero) is 1. The van der Waals surface area contributed by atoms with E-state index in [0.717, 1.165) is 40.5 Å². The van der Waals surface area contributed by atoms with E-state index < -0.39 is 0 Å². The molecule has 6 heteroatoms. The van der Waals surface area contributed by atoms with Gasteiger partial charge in [-0.2, -0.15) is 0 Å². The first-order valence-electron chi connectivity index (χ1n) is 10.4. The number of hydrogen-bond donors (Lipinski definition) is 0. The molecule has 0 amide bonds. The summed E-state index contributed by atoms with van der Waals surface area (Å²) >= 11 is 1.42. The molecule has 0 spiro atoms. The van der Waals surface area contributed by atoms with E-state index in [4.69, 9.17) is 0 Å². The van der Waals surface area contributed by atoms with Crippen molar-refractivity contribution in [1.82, 2.24) is 19.7 Å². The molecule has 0 saturated heterocycles. The van der Waals surface area contributed by atoms with E-state index in [0.29, 0.717) is 12.3 Å². The largest absolute Gasteiger partial charge is 0.297 e. The summed E-state index contributed by atoms with van der Waals surface area (Å²) in [5.74, 6) is 1.15. The summed E-state index contributed by atoms with van der Waals surface area (Å²) in [7, 11) is 0. The number of thioether (sulfide) groups is 1. The smallest absolute Gasteiger partial charge is 0.192 e. The Bertz CT molecular complexity index is 1130. The maximum Gasteiger partial charge on any atom is 0.192 e. The minimum atomic E-state index is 0.0882. The van der Waals surface area contributed by atoms with Crippen LogP contribution in [-0.2, 0) is 13.0 Å². The van der Waals surface area contributed by atoms with Crippen LogP contribution in [0.2, 0.25) is 0 Å². The molecule has 0 aliphatic heterocycles. The molecule has 0 radical (unpaired) electrons. The van der Waals surface area contributed by atoms with Crippen molar-refractivity contribution >= 4 is 17.5 Å². The second-order valence-electron chi connectivity index (χ2n) is 7.28. The second kappa shape index (κ2) is 10.2. The van der Waals surface area contributed by atoms with Gasteiger partial charge in [0.2, 0.25) is 0 Å². The SMILES string of the molecule is CCCc1ccc(C(=O)CSc2nnc(-c3cccnc3)n2Cc2ccccc2)cc1. The number of ketones is 1. The predicted molar refractivity (Wildman–Crippen MR) is 124 cm³/mol. The Morgan fingerprint density at radius 2 is 1.74 bits per heavy atom. The molecule has 2 aromatic heterocycles. The average molecular weight is 429 g/mol. The van der Waals surface area contributed by atoms with Crippen LogP contribution in [0, 0.1) is 0 Å². The van der Waals surface area contributed by atoms with Gasteiger partial charge in [-0.15, -0.1) is 10.2 Å². The second-order valence-corrected chi connectivity index (χ2v) is 8.22. The van der Waals surface area contributed by atoms with Crippen molar-refractivity contribution in [3.63, 3.8) is 0 Å². The molecule has 4 aromatic rings. The minimum Gasteiger partial charge on any atom is -0.297 e. The third-order valence-electron chi connectivity index (χ3n) is 4.97. The highest BCUT2D eigenvalue weighted by Crippen LogP contribution is 2.25. The number of hydrogen-bond acceptors (Lipinski definition) is 5. The Labute approximate surface area is 186 Å². The third-order valence-corrected chi connectivity index (χ3v) is 5.93. The van der Waals surface area contributed by atoms with Crippen LogP contribution in [0.5, 0.6) is 0 Å². The molecule has 0 fully saturated rings. The Kier molecular flexibility index (Phi) is 6.89. The van der Waals surface area contributed by atoms with Crippen LogP contribution in [0.3, 0.4) is 0 Å². The molecule has 156 valence electrons. The lowest BCUT2D eigenvalue weighted by Crippen LogP contribution is -2.07. The molecule has 0 saturated carbocycles. The van der Waals surface area contributed by atoms with Gasteiger partial charge in [-0.3, -0.25) is 14.3 Å². The van der Waals surface area contributed by atoms with Gasteiger partial charge >= 0.3 is 0 Å². The van der Waals surface area contributed by atoms with Crippen molar-refractivity contribution in [1.29, 1.82) is 0 Å². The van der Waals surface area contributed by atoms with E-state index in [9.17, 15) is 4.79 Å². The van der Waals surface area contributed by atoms with Crippen molar-refractivity contribution in [2.45, 2.75) is 31.5 Å². The zero-order valence-electron chi connectivity index (χ0n) is 17.4. The maximum absolute atomic E-state index is 12.7. The van der Waals surface area contributed by atoms with Crippen LogP contribution in [0.4, 0.5) is 0 Å². The molecule has 2 heterocycles. The molecular weight excluding hydrogens is 404 g/mol. The van der Waals surface area contributed by atoms with Crippen molar-refractivity contribution in [2.24, 2.45) is 0 Å². The Morgan fingerprint density at radius 3 is 2.45 bits per heavy atom. The van der Waals surface area contributed by atoms with Gasteiger partial charge in [0, 0.05) is 23.5 Å². The lowest BCUT2D eigenvalue weighted by Gasteiger charge is -2.10. The van der Waals surface area contributed by atoms with Gasteiger partial charge < -0.3 is 0 Å². The topological polar surface area (TPSA) is 60.7 Å². The maximum atomic E-state index is 12.7. The van der Waals surface area contributed by atoms with E-state index in [1.807, 2.05) is 54.6 Å². The number of nitrogens with zero attached hydrogens (tertiary/aromatic N) is 4. The molecular formula is C25H24N4OS. The molecule has 0 aliphatic rings. The van der Waals surface area contributed by atoms with E-state index in [-0.39, 0.29) is 5.78 Å². The van der Waals surface area contributed by atoms with Crippen LogP contribution in [0.1, 0.15) is 34.8 Å². The average Bonchev–Trinajstić information content (AvgIpc) is 3.22. The first-order valence-corrected chi connectivity index (χ1v) is 11.4. The Hall–Kier alpha value is -3.25. The zero-order valence-corrected chi connectivity index (χ0v) is 18.3. The van der Waals surface area contributed by atoms with Crippen molar-refractivity contribution in [3.05, 3.63) is 95.8 Å². The van der Waals surface area contributed by atoms with Crippen molar-refractivity contribution in [3.8, 4) is 11.4 Å². The number of benzene rings is 2. The summed E-state index contributed by atoms with van der Waals surface area (Å²) in [6, 6.07) is 22.0. The lowest BCUT2D eigenvalue weighted by molar-refractivity contribution is 0.102. The Balaban J connectivity index is 1.54. The summed E-state index contributed by atoms with van der Waals surface area (Å²) < 4.78 is 2.05. The molecule has 5 nitrogen and oxygen atoms in total. The van der Waals surface area contributed by atoms with Crippen LogP contribution in [0.25, 0.3) is 11.4 Å². The summed E-state index contributed by atoms with van der Waals surface area (Å²) in [5.41, 5.74) is 4.03. The summed E-state index contributed by atoms with van der Waals surface area (Å²) in [6.45, 7) is 2.78. The van der Waals surface area contributed by atoms with Crippen LogP contribution in [0.15, 0.2) is 84.3 Å². The quantitative estimate of drug-likeness (QED) is 0.267. The molecule has 0 atom stereocenters. The fourth-order valence-corrected chi connectivity index (χ4v) is 4.20. The monoisotopic (exact) mass is 428 g/mol.